The molecule has 144 valence electrons. The number of piperidine rings is 1. The smallest absolute Gasteiger partial charge is 0.222 e. The number of carbonyl (C=O) groups is 1. The molecule has 0 spiro atoms. The normalized spacial score (nSPS) is 21.2. The van der Waals surface area contributed by atoms with Crippen molar-refractivity contribution in [2.45, 2.75) is 70.1 Å². The standard InChI is InChI=1S/C19H29N3O2S2/c1-14-13-18(21-15(2)20-14)24-16-7-10-22(11-8-16)19(23)6-4-3-5-17-9-12-25-26-17/h13,16-17H,3-12H2,1-2H3. The minimum atomic E-state index is 0.143. The Balaban J connectivity index is 1.34. The van der Waals surface area contributed by atoms with E-state index in [2.05, 4.69) is 9.97 Å². The Kier molecular flexibility index (Phi) is 7.49. The summed E-state index contributed by atoms with van der Waals surface area (Å²) < 4.78 is 6.01. The van der Waals surface area contributed by atoms with Crippen LogP contribution < -0.4 is 4.74 Å². The predicted molar refractivity (Wildman–Crippen MR) is 109 cm³/mol. The third kappa shape index (κ3) is 6.05. The summed E-state index contributed by atoms with van der Waals surface area (Å²) in [6.45, 7) is 5.42. The highest BCUT2D eigenvalue weighted by atomic mass is 33.1. The van der Waals surface area contributed by atoms with Gasteiger partial charge in [0, 0.05) is 55.1 Å². The number of amides is 1. The van der Waals surface area contributed by atoms with Crippen molar-refractivity contribution in [2.24, 2.45) is 0 Å². The topological polar surface area (TPSA) is 55.3 Å². The van der Waals surface area contributed by atoms with Gasteiger partial charge in [0.2, 0.25) is 11.8 Å². The van der Waals surface area contributed by atoms with Crippen molar-refractivity contribution in [3.05, 3.63) is 17.6 Å². The minimum Gasteiger partial charge on any atom is -0.474 e. The molecule has 1 amide bonds. The molecule has 0 N–H and O–H groups in total. The maximum atomic E-state index is 12.4. The van der Waals surface area contributed by atoms with Gasteiger partial charge in [-0.25, -0.2) is 4.98 Å². The lowest BCUT2D eigenvalue weighted by atomic mass is 10.1. The van der Waals surface area contributed by atoms with E-state index in [4.69, 9.17) is 4.74 Å². The minimum absolute atomic E-state index is 0.143. The molecule has 1 aromatic heterocycles. The molecule has 2 aliphatic heterocycles. The monoisotopic (exact) mass is 395 g/mol. The molecule has 2 aliphatic rings. The van der Waals surface area contributed by atoms with Gasteiger partial charge in [-0.2, -0.15) is 4.98 Å². The van der Waals surface area contributed by atoms with Crippen molar-refractivity contribution < 1.29 is 9.53 Å². The first-order chi connectivity index (χ1) is 12.6. The second kappa shape index (κ2) is 9.83. The number of hydrogen-bond acceptors (Lipinski definition) is 6. The summed E-state index contributed by atoms with van der Waals surface area (Å²) in [5.74, 6) is 3.00. The summed E-state index contributed by atoms with van der Waals surface area (Å²) in [6, 6.07) is 1.88. The molecule has 1 atom stereocenters. The SMILES string of the molecule is Cc1cc(OC2CCN(C(=O)CCCCC3CCSS3)CC2)nc(C)n1. The summed E-state index contributed by atoms with van der Waals surface area (Å²) in [6.07, 6.45) is 7.39. The molecule has 0 saturated carbocycles. The van der Waals surface area contributed by atoms with E-state index in [-0.39, 0.29) is 6.10 Å². The van der Waals surface area contributed by atoms with Gasteiger partial charge in [-0.1, -0.05) is 28.0 Å². The molecule has 0 aromatic carbocycles. The summed E-state index contributed by atoms with van der Waals surface area (Å²) in [7, 11) is 4.02. The fraction of sp³-hybridized carbons (Fsp3) is 0.737. The molecule has 2 saturated heterocycles. The highest BCUT2D eigenvalue weighted by molar-refractivity contribution is 8.77. The van der Waals surface area contributed by atoms with Crippen LogP contribution in [-0.2, 0) is 4.79 Å². The van der Waals surface area contributed by atoms with Crippen LogP contribution in [0.3, 0.4) is 0 Å². The van der Waals surface area contributed by atoms with E-state index in [1.54, 1.807) is 0 Å². The lowest BCUT2D eigenvalue weighted by Gasteiger charge is -2.32. The van der Waals surface area contributed by atoms with E-state index in [1.165, 1.54) is 25.0 Å². The number of ether oxygens (including phenoxy) is 1. The largest absolute Gasteiger partial charge is 0.474 e. The summed E-state index contributed by atoms with van der Waals surface area (Å²) >= 11 is 0. The maximum Gasteiger partial charge on any atom is 0.222 e. The number of rotatable bonds is 7. The van der Waals surface area contributed by atoms with Crippen molar-refractivity contribution in [2.75, 3.05) is 18.8 Å². The van der Waals surface area contributed by atoms with Crippen LogP contribution in [0.2, 0.25) is 0 Å². The summed E-state index contributed by atoms with van der Waals surface area (Å²) in [5, 5.41) is 0.817. The molecule has 5 nitrogen and oxygen atoms in total. The Morgan fingerprint density at radius 3 is 2.73 bits per heavy atom. The second-order valence-corrected chi connectivity index (χ2v) is 9.95. The molecule has 3 heterocycles. The third-order valence-electron chi connectivity index (χ3n) is 4.92. The lowest BCUT2D eigenvalue weighted by Crippen LogP contribution is -2.41. The van der Waals surface area contributed by atoms with E-state index in [0.717, 1.165) is 49.1 Å². The quantitative estimate of drug-likeness (QED) is 0.510. The number of hydrogen-bond donors (Lipinski definition) is 0. The summed E-state index contributed by atoms with van der Waals surface area (Å²) in [5.41, 5.74) is 0.926. The van der Waals surface area contributed by atoms with E-state index < -0.39 is 0 Å². The van der Waals surface area contributed by atoms with Gasteiger partial charge in [-0.15, -0.1) is 0 Å². The van der Waals surface area contributed by atoms with Crippen LogP contribution in [0.4, 0.5) is 0 Å². The zero-order valence-electron chi connectivity index (χ0n) is 15.8. The molecular weight excluding hydrogens is 366 g/mol. The van der Waals surface area contributed by atoms with Gasteiger partial charge in [0.1, 0.15) is 11.9 Å². The van der Waals surface area contributed by atoms with Crippen molar-refractivity contribution in [1.29, 1.82) is 0 Å². The van der Waals surface area contributed by atoms with Gasteiger partial charge < -0.3 is 9.64 Å². The Morgan fingerprint density at radius 1 is 1.23 bits per heavy atom. The first-order valence-electron chi connectivity index (χ1n) is 9.65. The van der Waals surface area contributed by atoms with Crippen molar-refractivity contribution >= 4 is 27.5 Å². The van der Waals surface area contributed by atoms with Gasteiger partial charge in [-0.3, -0.25) is 4.79 Å². The van der Waals surface area contributed by atoms with E-state index in [9.17, 15) is 4.79 Å². The molecule has 3 rings (SSSR count). The number of aromatic nitrogens is 2. The van der Waals surface area contributed by atoms with Crippen molar-refractivity contribution in [3.8, 4) is 5.88 Å². The number of aryl methyl sites for hydroxylation is 2. The molecule has 0 bridgehead atoms. The number of likely N-dealkylation sites (tertiary alicyclic amines) is 1. The molecule has 1 aromatic rings. The zero-order valence-corrected chi connectivity index (χ0v) is 17.4. The highest BCUT2D eigenvalue weighted by Gasteiger charge is 2.24. The highest BCUT2D eigenvalue weighted by Crippen LogP contribution is 2.39. The lowest BCUT2D eigenvalue weighted by molar-refractivity contribution is -0.133. The average Bonchev–Trinajstić information content (AvgIpc) is 3.12. The fourth-order valence-corrected chi connectivity index (χ4v) is 6.54. The van der Waals surface area contributed by atoms with Crippen LogP contribution >= 0.6 is 21.6 Å². The van der Waals surface area contributed by atoms with Gasteiger partial charge >= 0.3 is 0 Å². The number of carbonyl (C=O) groups excluding carboxylic acids is 1. The number of unbranched alkanes of at least 4 members (excludes halogenated alkanes) is 1. The Bertz CT molecular complexity index is 580. The Morgan fingerprint density at radius 2 is 2.04 bits per heavy atom. The van der Waals surface area contributed by atoms with E-state index in [0.29, 0.717) is 18.2 Å². The van der Waals surface area contributed by atoms with Crippen LogP contribution in [-0.4, -0.2) is 51.0 Å². The summed E-state index contributed by atoms with van der Waals surface area (Å²) in [4.78, 5) is 23.0. The van der Waals surface area contributed by atoms with Crippen LogP contribution in [0, 0.1) is 13.8 Å². The fourth-order valence-electron chi connectivity index (χ4n) is 3.51. The van der Waals surface area contributed by atoms with Crippen molar-refractivity contribution in [1.82, 2.24) is 14.9 Å². The molecule has 0 aliphatic carbocycles. The molecule has 26 heavy (non-hydrogen) atoms. The zero-order chi connectivity index (χ0) is 18.4. The Hall–Kier alpha value is -0.950. The van der Waals surface area contributed by atoms with Gasteiger partial charge in [-0.05, 0) is 33.1 Å². The first kappa shape index (κ1) is 19.8. The number of nitrogens with zero attached hydrogens (tertiary/aromatic N) is 3. The Labute approximate surface area is 164 Å². The molecule has 2 fully saturated rings. The van der Waals surface area contributed by atoms with Crippen molar-refractivity contribution in [3.63, 3.8) is 0 Å². The van der Waals surface area contributed by atoms with Gasteiger partial charge in [0.15, 0.2) is 0 Å². The predicted octanol–water partition coefficient (Wildman–Crippen LogP) is 4.18. The van der Waals surface area contributed by atoms with E-state index in [1.807, 2.05) is 46.4 Å². The molecule has 0 radical (unpaired) electrons. The maximum absolute atomic E-state index is 12.4. The van der Waals surface area contributed by atoms with E-state index >= 15 is 0 Å². The van der Waals surface area contributed by atoms with Gasteiger partial charge in [0.05, 0.1) is 0 Å². The second-order valence-electron chi connectivity index (χ2n) is 7.17. The third-order valence-corrected chi connectivity index (χ3v) is 7.93. The van der Waals surface area contributed by atoms with Gasteiger partial charge in [0.25, 0.3) is 0 Å². The molecular formula is C19H29N3O2S2. The molecule has 1 unspecified atom stereocenters. The van der Waals surface area contributed by atoms with Crippen LogP contribution in [0.1, 0.15) is 56.5 Å². The average molecular weight is 396 g/mol. The molecule has 7 heteroatoms. The first-order valence-corrected chi connectivity index (χ1v) is 12.0. The van der Waals surface area contributed by atoms with Crippen LogP contribution in [0.5, 0.6) is 5.88 Å². The van der Waals surface area contributed by atoms with Crippen LogP contribution in [0.25, 0.3) is 0 Å². The van der Waals surface area contributed by atoms with Crippen LogP contribution in [0.15, 0.2) is 6.07 Å².